The topological polar surface area (TPSA) is 96.1 Å². The van der Waals surface area contributed by atoms with Crippen molar-refractivity contribution >= 4 is 17.6 Å². The molecule has 0 aromatic carbocycles. The Morgan fingerprint density at radius 1 is 1.22 bits per heavy atom. The standard InChI is InChI=1S/C12H21N5O/c1-14-10-7-11(17-12(13)16-10)15-8-5-3-2-4-6-9(8)18/h7-9,18H,2-6H2,1H3,(H4,13,14,15,16,17). The fourth-order valence-corrected chi connectivity index (χ4v) is 2.31. The van der Waals surface area contributed by atoms with Crippen LogP contribution in [0.4, 0.5) is 17.6 Å². The number of hydrogen-bond donors (Lipinski definition) is 4. The fourth-order valence-electron chi connectivity index (χ4n) is 2.31. The van der Waals surface area contributed by atoms with E-state index in [0.29, 0.717) is 11.6 Å². The van der Waals surface area contributed by atoms with E-state index in [2.05, 4.69) is 20.6 Å². The zero-order valence-corrected chi connectivity index (χ0v) is 10.7. The summed E-state index contributed by atoms with van der Waals surface area (Å²) >= 11 is 0. The number of aliphatic hydroxyl groups excluding tert-OH is 1. The number of aliphatic hydroxyl groups is 1. The van der Waals surface area contributed by atoms with Crippen LogP contribution in [-0.4, -0.2) is 34.3 Å². The van der Waals surface area contributed by atoms with Crippen molar-refractivity contribution in [1.29, 1.82) is 0 Å². The molecule has 0 radical (unpaired) electrons. The van der Waals surface area contributed by atoms with Gasteiger partial charge in [0.05, 0.1) is 12.1 Å². The number of nitrogen functional groups attached to an aromatic ring is 1. The maximum absolute atomic E-state index is 10.1. The number of rotatable bonds is 3. The third-order valence-corrected chi connectivity index (χ3v) is 3.31. The molecule has 1 aliphatic carbocycles. The van der Waals surface area contributed by atoms with Crippen LogP contribution in [0.1, 0.15) is 32.1 Å². The lowest BCUT2D eigenvalue weighted by Gasteiger charge is -2.22. The fraction of sp³-hybridized carbons (Fsp3) is 0.667. The molecule has 2 unspecified atom stereocenters. The van der Waals surface area contributed by atoms with E-state index in [1.54, 1.807) is 13.1 Å². The quantitative estimate of drug-likeness (QED) is 0.603. The summed E-state index contributed by atoms with van der Waals surface area (Å²) in [7, 11) is 1.78. The highest BCUT2D eigenvalue weighted by Gasteiger charge is 2.21. The minimum atomic E-state index is -0.318. The van der Waals surface area contributed by atoms with Crippen LogP contribution in [0.25, 0.3) is 0 Å². The summed E-state index contributed by atoms with van der Waals surface area (Å²) in [4.78, 5) is 8.18. The molecule has 0 spiro atoms. The summed E-state index contributed by atoms with van der Waals surface area (Å²) in [6.07, 6.45) is 4.89. The van der Waals surface area contributed by atoms with Gasteiger partial charge in [0, 0.05) is 13.1 Å². The molecule has 18 heavy (non-hydrogen) atoms. The molecular formula is C12H21N5O. The molecule has 100 valence electrons. The van der Waals surface area contributed by atoms with Gasteiger partial charge in [0.15, 0.2) is 0 Å². The average Bonchev–Trinajstić information content (AvgIpc) is 2.54. The molecule has 0 amide bonds. The average molecular weight is 251 g/mol. The van der Waals surface area contributed by atoms with Crippen LogP contribution in [0.2, 0.25) is 0 Å². The van der Waals surface area contributed by atoms with E-state index in [1.165, 1.54) is 6.42 Å². The summed E-state index contributed by atoms with van der Waals surface area (Å²) in [6.45, 7) is 0. The Morgan fingerprint density at radius 3 is 2.72 bits per heavy atom. The van der Waals surface area contributed by atoms with Gasteiger partial charge in [-0.25, -0.2) is 0 Å². The number of nitrogens with one attached hydrogen (secondary N) is 2. The van der Waals surface area contributed by atoms with Crippen LogP contribution in [-0.2, 0) is 0 Å². The highest BCUT2D eigenvalue weighted by atomic mass is 16.3. The first kappa shape index (κ1) is 12.9. The van der Waals surface area contributed by atoms with Gasteiger partial charge in [0.25, 0.3) is 0 Å². The van der Waals surface area contributed by atoms with Gasteiger partial charge in [-0.1, -0.05) is 19.3 Å². The summed E-state index contributed by atoms with van der Waals surface area (Å²) < 4.78 is 0. The number of nitrogens with zero attached hydrogens (tertiary/aromatic N) is 2. The molecule has 1 aromatic rings. The van der Waals surface area contributed by atoms with Gasteiger partial charge in [0.2, 0.25) is 5.95 Å². The van der Waals surface area contributed by atoms with Crippen LogP contribution >= 0.6 is 0 Å². The Kier molecular flexibility index (Phi) is 4.19. The summed E-state index contributed by atoms with van der Waals surface area (Å²) in [5.41, 5.74) is 5.64. The van der Waals surface area contributed by atoms with E-state index >= 15 is 0 Å². The second kappa shape index (κ2) is 5.86. The summed E-state index contributed by atoms with van der Waals surface area (Å²) in [6, 6.07) is 1.85. The predicted octanol–water partition coefficient (Wildman–Crippen LogP) is 1.21. The SMILES string of the molecule is CNc1cc(NC2CCCCCC2O)nc(N)n1. The Hall–Kier alpha value is -1.56. The first-order chi connectivity index (χ1) is 8.69. The molecule has 1 aromatic heterocycles. The van der Waals surface area contributed by atoms with Gasteiger partial charge in [0.1, 0.15) is 11.6 Å². The van der Waals surface area contributed by atoms with Crippen molar-refractivity contribution in [3.8, 4) is 0 Å². The van der Waals surface area contributed by atoms with Gasteiger partial charge < -0.3 is 21.5 Å². The van der Waals surface area contributed by atoms with Gasteiger partial charge in [-0.2, -0.15) is 9.97 Å². The molecule has 2 rings (SSSR count). The monoisotopic (exact) mass is 251 g/mol. The van der Waals surface area contributed by atoms with E-state index in [1.807, 2.05) is 0 Å². The molecule has 6 heteroatoms. The van der Waals surface area contributed by atoms with E-state index in [9.17, 15) is 5.11 Å². The van der Waals surface area contributed by atoms with Crippen molar-refractivity contribution < 1.29 is 5.11 Å². The van der Waals surface area contributed by atoms with E-state index < -0.39 is 0 Å². The third kappa shape index (κ3) is 3.22. The van der Waals surface area contributed by atoms with Crippen molar-refractivity contribution in [2.24, 2.45) is 0 Å². The van der Waals surface area contributed by atoms with Crippen molar-refractivity contribution in [2.45, 2.75) is 44.2 Å². The van der Waals surface area contributed by atoms with Gasteiger partial charge in [-0.15, -0.1) is 0 Å². The Labute approximate surface area is 107 Å². The lowest BCUT2D eigenvalue weighted by Crippen LogP contribution is -2.32. The van der Waals surface area contributed by atoms with E-state index in [4.69, 9.17) is 5.73 Å². The summed E-state index contributed by atoms with van der Waals surface area (Å²) in [5.74, 6) is 1.57. The van der Waals surface area contributed by atoms with Crippen LogP contribution in [0.5, 0.6) is 0 Å². The zero-order chi connectivity index (χ0) is 13.0. The zero-order valence-electron chi connectivity index (χ0n) is 10.7. The number of aromatic nitrogens is 2. The highest BCUT2D eigenvalue weighted by Crippen LogP contribution is 2.22. The maximum Gasteiger partial charge on any atom is 0.223 e. The lowest BCUT2D eigenvalue weighted by atomic mass is 10.1. The van der Waals surface area contributed by atoms with Crippen LogP contribution < -0.4 is 16.4 Å². The smallest absolute Gasteiger partial charge is 0.223 e. The molecule has 6 nitrogen and oxygen atoms in total. The highest BCUT2D eigenvalue weighted by molar-refractivity contribution is 5.51. The molecule has 0 aliphatic heterocycles. The molecule has 1 fully saturated rings. The van der Waals surface area contributed by atoms with E-state index in [-0.39, 0.29) is 18.1 Å². The molecule has 0 bridgehead atoms. The molecular weight excluding hydrogens is 230 g/mol. The van der Waals surface area contributed by atoms with Crippen LogP contribution in [0.15, 0.2) is 6.07 Å². The third-order valence-electron chi connectivity index (χ3n) is 3.31. The molecule has 0 saturated heterocycles. The van der Waals surface area contributed by atoms with E-state index in [0.717, 1.165) is 25.7 Å². The van der Waals surface area contributed by atoms with Crippen molar-refractivity contribution in [2.75, 3.05) is 23.4 Å². The van der Waals surface area contributed by atoms with Gasteiger partial charge in [-0.3, -0.25) is 0 Å². The second-order valence-electron chi connectivity index (χ2n) is 4.70. The summed E-state index contributed by atoms with van der Waals surface area (Å²) in [5, 5.41) is 16.3. The van der Waals surface area contributed by atoms with Crippen molar-refractivity contribution in [3.05, 3.63) is 6.07 Å². The lowest BCUT2D eigenvalue weighted by molar-refractivity contribution is 0.144. The molecule has 1 heterocycles. The Balaban J connectivity index is 2.09. The normalized spacial score (nSPS) is 24.3. The molecule has 2 atom stereocenters. The minimum Gasteiger partial charge on any atom is -0.391 e. The van der Waals surface area contributed by atoms with Gasteiger partial charge >= 0.3 is 0 Å². The largest absolute Gasteiger partial charge is 0.391 e. The number of nitrogens with two attached hydrogens (primary N) is 1. The Bertz CT molecular complexity index is 398. The number of anilines is 3. The van der Waals surface area contributed by atoms with Gasteiger partial charge in [-0.05, 0) is 12.8 Å². The minimum absolute atomic E-state index is 0.0477. The first-order valence-electron chi connectivity index (χ1n) is 6.46. The van der Waals surface area contributed by atoms with Crippen LogP contribution in [0, 0.1) is 0 Å². The first-order valence-corrected chi connectivity index (χ1v) is 6.46. The van der Waals surface area contributed by atoms with Crippen molar-refractivity contribution in [1.82, 2.24) is 9.97 Å². The number of hydrogen-bond acceptors (Lipinski definition) is 6. The molecule has 1 saturated carbocycles. The predicted molar refractivity (Wildman–Crippen MR) is 72.5 cm³/mol. The maximum atomic E-state index is 10.1. The molecule has 1 aliphatic rings. The molecule has 5 N–H and O–H groups in total. The second-order valence-corrected chi connectivity index (χ2v) is 4.70. The Morgan fingerprint density at radius 2 is 1.94 bits per heavy atom. The van der Waals surface area contributed by atoms with Crippen LogP contribution in [0.3, 0.4) is 0 Å². The van der Waals surface area contributed by atoms with Crippen molar-refractivity contribution in [3.63, 3.8) is 0 Å².